The van der Waals surface area contributed by atoms with Crippen LogP contribution in [0.25, 0.3) is 10.9 Å². The Bertz CT molecular complexity index is 1320. The first-order chi connectivity index (χ1) is 15.6. The van der Waals surface area contributed by atoms with Crippen LogP contribution >= 0.6 is 0 Å². The highest BCUT2D eigenvalue weighted by atomic mass is 32.2. The first-order valence-corrected chi connectivity index (χ1v) is 11.7. The van der Waals surface area contributed by atoms with Crippen molar-refractivity contribution in [3.05, 3.63) is 64.6 Å². The number of fused-ring (bicyclic) bond motifs is 1. The Morgan fingerprint density at radius 1 is 1.24 bits per heavy atom. The summed E-state index contributed by atoms with van der Waals surface area (Å²) in [6.45, 7) is 4.65. The summed E-state index contributed by atoms with van der Waals surface area (Å²) in [5.74, 6) is -2.17. The van der Waals surface area contributed by atoms with E-state index in [2.05, 4.69) is 9.97 Å². The van der Waals surface area contributed by atoms with Gasteiger partial charge in [0.2, 0.25) is 10.0 Å². The van der Waals surface area contributed by atoms with Crippen LogP contribution in [0.1, 0.15) is 38.5 Å². The fourth-order valence-corrected chi connectivity index (χ4v) is 5.10. The molecule has 10 heteroatoms. The molecule has 1 aromatic heterocycles. The van der Waals surface area contributed by atoms with Gasteiger partial charge < -0.3 is 9.84 Å². The zero-order valence-corrected chi connectivity index (χ0v) is 19.3. The Labute approximate surface area is 191 Å². The summed E-state index contributed by atoms with van der Waals surface area (Å²) < 4.78 is 29.1. The molecule has 2 aromatic carbocycles. The molecule has 3 aromatic rings. The van der Waals surface area contributed by atoms with Crippen LogP contribution in [0.5, 0.6) is 0 Å². The molecule has 0 aliphatic heterocycles. The number of ether oxygens (including phenoxy) is 1. The van der Waals surface area contributed by atoms with Gasteiger partial charge in [-0.1, -0.05) is 12.1 Å². The van der Waals surface area contributed by atoms with Crippen molar-refractivity contribution in [1.29, 1.82) is 0 Å². The summed E-state index contributed by atoms with van der Waals surface area (Å²) in [7, 11) is -4.05. The lowest BCUT2D eigenvalue weighted by Crippen LogP contribution is -2.30. The largest absolute Gasteiger partial charge is 0.467 e. The zero-order valence-electron chi connectivity index (χ0n) is 18.5. The van der Waals surface area contributed by atoms with Crippen LogP contribution in [-0.2, 0) is 19.6 Å². The van der Waals surface area contributed by atoms with E-state index in [1.54, 1.807) is 39.1 Å². The van der Waals surface area contributed by atoms with E-state index in [0.717, 1.165) is 0 Å². The number of nitrogens with two attached hydrogens (primary N) is 1. The van der Waals surface area contributed by atoms with Gasteiger partial charge >= 0.3 is 0 Å². The first kappa shape index (κ1) is 24.4. The van der Waals surface area contributed by atoms with E-state index in [9.17, 15) is 23.1 Å². The fraction of sp³-hybridized carbons (Fsp3) is 0.304. The number of Topliss-reactive ketones (excluding diaryl/α,β-unsaturated/α-hetero) is 1. The van der Waals surface area contributed by atoms with E-state index in [1.165, 1.54) is 18.5 Å². The monoisotopic (exact) mass is 471 g/mol. The number of carbonyl (C=O) groups excluding carboxylic acids is 2. The molecule has 9 nitrogen and oxygen atoms in total. The van der Waals surface area contributed by atoms with E-state index in [0.29, 0.717) is 38.7 Å². The zero-order chi connectivity index (χ0) is 24.3. The van der Waals surface area contributed by atoms with Gasteiger partial charge in [-0.3, -0.25) is 9.59 Å². The van der Waals surface area contributed by atoms with Crippen molar-refractivity contribution in [2.75, 3.05) is 13.2 Å². The third-order valence-corrected chi connectivity index (χ3v) is 6.91. The number of hydrogen-bond acceptors (Lipinski definition) is 8. The summed E-state index contributed by atoms with van der Waals surface area (Å²) >= 11 is 0. The number of carbonyl (C=O) groups is 2. The molecule has 0 bridgehead atoms. The topological polar surface area (TPSA) is 150 Å². The number of benzene rings is 2. The number of rotatable bonds is 9. The van der Waals surface area contributed by atoms with Crippen molar-refractivity contribution in [2.45, 2.75) is 31.6 Å². The molecule has 174 valence electrons. The van der Waals surface area contributed by atoms with Crippen LogP contribution in [0.2, 0.25) is 0 Å². The molecular formula is C23H25N3O6S. The third kappa shape index (κ3) is 4.77. The van der Waals surface area contributed by atoms with Crippen molar-refractivity contribution in [1.82, 2.24) is 9.97 Å². The minimum absolute atomic E-state index is 0.119. The van der Waals surface area contributed by atoms with Crippen molar-refractivity contribution in [3.63, 3.8) is 0 Å². The van der Waals surface area contributed by atoms with E-state index >= 15 is 0 Å². The van der Waals surface area contributed by atoms with Crippen LogP contribution in [0.15, 0.2) is 41.7 Å². The van der Waals surface area contributed by atoms with Crippen LogP contribution in [-0.4, -0.2) is 49.0 Å². The van der Waals surface area contributed by atoms with E-state index in [-0.39, 0.29) is 23.8 Å². The Hall–Kier alpha value is -3.21. The van der Waals surface area contributed by atoms with Gasteiger partial charge in [0.15, 0.2) is 5.78 Å². The van der Waals surface area contributed by atoms with Gasteiger partial charge in [0.1, 0.15) is 6.33 Å². The molecule has 1 heterocycles. The number of aryl methyl sites for hydroxylation is 2. The second-order valence-electron chi connectivity index (χ2n) is 7.88. The van der Waals surface area contributed by atoms with Gasteiger partial charge in [-0.15, -0.1) is 0 Å². The Kier molecular flexibility index (Phi) is 7.21. The molecule has 2 unspecified atom stereocenters. The SMILES string of the molecule is Cc1cc2ncncc2c(C)c1C(=O)C(c1cccc(S(N)(=O)=O)c1C)C(CO)COC=O. The standard InChI is InChI=1S/C23H25N3O6S/c1-13-7-19-18(8-25-11-26-19)15(3)21(13)23(29)22(16(9-27)10-32-12-28)17-5-4-6-20(14(17)2)33(24,30)31/h4-8,11-12,16,22,27H,9-10H2,1-3H3,(H2,24,30,31). The summed E-state index contributed by atoms with van der Waals surface area (Å²) in [5.41, 5.74) is 3.09. The Balaban J connectivity index is 2.27. The van der Waals surface area contributed by atoms with Gasteiger partial charge in [-0.2, -0.15) is 0 Å². The average molecular weight is 472 g/mol. The second kappa shape index (κ2) is 9.74. The quantitative estimate of drug-likeness (QED) is 0.355. The molecule has 0 fully saturated rings. The highest BCUT2D eigenvalue weighted by Crippen LogP contribution is 2.36. The van der Waals surface area contributed by atoms with Crippen LogP contribution in [0, 0.1) is 26.7 Å². The lowest BCUT2D eigenvalue weighted by Gasteiger charge is -2.27. The van der Waals surface area contributed by atoms with Gasteiger partial charge in [-0.25, -0.2) is 23.5 Å². The molecule has 0 aliphatic carbocycles. The Morgan fingerprint density at radius 3 is 2.61 bits per heavy atom. The highest BCUT2D eigenvalue weighted by molar-refractivity contribution is 7.89. The summed E-state index contributed by atoms with van der Waals surface area (Å²) in [6.07, 6.45) is 3.04. The minimum Gasteiger partial charge on any atom is -0.467 e. The normalized spacial score (nSPS) is 13.5. The number of sulfonamides is 1. The average Bonchev–Trinajstić information content (AvgIpc) is 2.76. The molecule has 33 heavy (non-hydrogen) atoms. The number of primary sulfonamides is 1. The van der Waals surface area contributed by atoms with Crippen molar-refractivity contribution in [2.24, 2.45) is 11.1 Å². The predicted octanol–water partition coefficient (Wildman–Crippen LogP) is 1.95. The van der Waals surface area contributed by atoms with Crippen molar-refractivity contribution < 1.29 is 27.9 Å². The van der Waals surface area contributed by atoms with Crippen LogP contribution in [0.3, 0.4) is 0 Å². The number of ketones is 1. The van der Waals surface area contributed by atoms with Crippen LogP contribution < -0.4 is 5.14 Å². The molecule has 0 radical (unpaired) electrons. The molecule has 3 N–H and O–H groups in total. The number of hydrogen-bond donors (Lipinski definition) is 2. The molecule has 0 saturated carbocycles. The minimum atomic E-state index is -4.05. The molecule has 3 rings (SSSR count). The van der Waals surface area contributed by atoms with Gasteiger partial charge in [0, 0.05) is 23.1 Å². The maximum absolute atomic E-state index is 14.0. The molecule has 0 aliphatic rings. The predicted molar refractivity (Wildman–Crippen MR) is 121 cm³/mol. The van der Waals surface area contributed by atoms with E-state index in [1.807, 2.05) is 0 Å². The number of nitrogens with zero attached hydrogens (tertiary/aromatic N) is 2. The maximum atomic E-state index is 14.0. The summed E-state index contributed by atoms with van der Waals surface area (Å²) in [5, 5.41) is 16.2. The first-order valence-electron chi connectivity index (χ1n) is 10.1. The molecule has 0 spiro atoms. The molecular weight excluding hydrogens is 446 g/mol. The Morgan fingerprint density at radius 2 is 1.97 bits per heavy atom. The lowest BCUT2D eigenvalue weighted by molar-refractivity contribution is -0.130. The van der Waals surface area contributed by atoms with Crippen molar-refractivity contribution >= 4 is 33.2 Å². The smallest absolute Gasteiger partial charge is 0.293 e. The number of aliphatic hydroxyl groups excluding tert-OH is 1. The molecule has 0 amide bonds. The maximum Gasteiger partial charge on any atom is 0.293 e. The molecule has 0 saturated heterocycles. The number of aromatic nitrogens is 2. The summed E-state index contributed by atoms with van der Waals surface area (Å²) in [4.78, 5) is 33.0. The number of aliphatic hydroxyl groups is 1. The highest BCUT2D eigenvalue weighted by Gasteiger charge is 2.35. The van der Waals surface area contributed by atoms with E-state index < -0.39 is 28.5 Å². The summed E-state index contributed by atoms with van der Waals surface area (Å²) in [6, 6.07) is 6.24. The fourth-order valence-electron chi connectivity index (χ4n) is 4.29. The molecule has 2 atom stereocenters. The second-order valence-corrected chi connectivity index (χ2v) is 9.41. The van der Waals surface area contributed by atoms with Crippen molar-refractivity contribution in [3.8, 4) is 0 Å². The van der Waals surface area contributed by atoms with Gasteiger partial charge in [0.05, 0.1) is 29.5 Å². The van der Waals surface area contributed by atoms with Gasteiger partial charge in [-0.05, 0) is 55.2 Å². The third-order valence-electron chi connectivity index (χ3n) is 5.85. The van der Waals surface area contributed by atoms with Gasteiger partial charge in [0.25, 0.3) is 6.47 Å². The lowest BCUT2D eigenvalue weighted by atomic mass is 9.77. The van der Waals surface area contributed by atoms with E-state index in [4.69, 9.17) is 9.88 Å². The van der Waals surface area contributed by atoms with Crippen LogP contribution in [0.4, 0.5) is 0 Å².